The van der Waals surface area contributed by atoms with Crippen molar-refractivity contribution in [3.05, 3.63) is 0 Å². The molecular formula is C14H25N3O4. The van der Waals surface area contributed by atoms with E-state index in [1.54, 1.807) is 4.90 Å². The summed E-state index contributed by atoms with van der Waals surface area (Å²) in [7, 11) is 0. The number of nitrogens with one attached hydrogen (secondary N) is 2. The molecule has 2 unspecified atom stereocenters. The maximum Gasteiger partial charge on any atom is 0.317 e. The average Bonchev–Trinajstić information content (AvgIpc) is 2.80. The molecule has 0 aromatic heterocycles. The number of nitrogens with zero attached hydrogens (tertiary/aromatic N) is 1. The van der Waals surface area contributed by atoms with E-state index < -0.39 is 11.9 Å². The molecule has 1 aliphatic rings. The van der Waals surface area contributed by atoms with Crippen molar-refractivity contribution in [3.8, 4) is 0 Å². The number of likely N-dealkylation sites (tertiary alicyclic amines) is 1. The Labute approximate surface area is 125 Å². The smallest absolute Gasteiger partial charge is 0.317 e. The first-order valence-corrected chi connectivity index (χ1v) is 7.32. The van der Waals surface area contributed by atoms with Gasteiger partial charge in [-0.2, -0.15) is 0 Å². The molecule has 0 spiro atoms. The number of carbonyl (C=O) groups excluding carboxylic acids is 2. The van der Waals surface area contributed by atoms with Crippen molar-refractivity contribution in [1.82, 2.24) is 15.5 Å². The Morgan fingerprint density at radius 2 is 2.00 bits per heavy atom. The second-order valence-electron chi connectivity index (χ2n) is 5.98. The zero-order valence-corrected chi connectivity index (χ0v) is 12.9. The second-order valence-corrected chi connectivity index (χ2v) is 5.98. The summed E-state index contributed by atoms with van der Waals surface area (Å²) in [6.07, 6.45) is 1.26. The monoisotopic (exact) mass is 299 g/mol. The molecular weight excluding hydrogens is 274 g/mol. The highest BCUT2D eigenvalue weighted by molar-refractivity contribution is 5.77. The summed E-state index contributed by atoms with van der Waals surface area (Å²) in [5.41, 5.74) is 0. The summed E-state index contributed by atoms with van der Waals surface area (Å²) in [5.74, 6) is -1.30. The maximum atomic E-state index is 12.0. The first-order chi connectivity index (χ1) is 9.79. The van der Waals surface area contributed by atoms with Crippen LogP contribution in [0, 0.1) is 11.8 Å². The van der Waals surface area contributed by atoms with Crippen LogP contribution in [0.15, 0.2) is 0 Å². The van der Waals surface area contributed by atoms with E-state index in [4.69, 9.17) is 5.11 Å². The molecule has 2 atom stereocenters. The van der Waals surface area contributed by atoms with Gasteiger partial charge >= 0.3 is 12.0 Å². The van der Waals surface area contributed by atoms with Crippen LogP contribution in [-0.2, 0) is 9.59 Å². The number of carboxylic acids is 1. The van der Waals surface area contributed by atoms with Gasteiger partial charge in [0.1, 0.15) is 0 Å². The van der Waals surface area contributed by atoms with Crippen LogP contribution in [0.5, 0.6) is 0 Å². The minimum atomic E-state index is -0.887. The summed E-state index contributed by atoms with van der Waals surface area (Å²) in [6, 6.07) is -0.281. The number of hydrogen-bond donors (Lipinski definition) is 3. The minimum Gasteiger partial charge on any atom is -0.481 e. The SMILES string of the molecule is CC(=O)NC1CCN(C(=O)NCC(CC(C)C)C(=O)O)C1. The van der Waals surface area contributed by atoms with E-state index in [9.17, 15) is 14.4 Å². The molecule has 1 rings (SSSR count). The molecule has 0 saturated carbocycles. The zero-order valence-electron chi connectivity index (χ0n) is 12.9. The Bertz CT molecular complexity index is 398. The highest BCUT2D eigenvalue weighted by atomic mass is 16.4. The number of aliphatic carboxylic acids is 1. The van der Waals surface area contributed by atoms with Crippen molar-refractivity contribution in [2.45, 2.75) is 39.7 Å². The lowest BCUT2D eigenvalue weighted by Gasteiger charge is -2.20. The van der Waals surface area contributed by atoms with E-state index in [1.165, 1.54) is 6.92 Å². The van der Waals surface area contributed by atoms with Gasteiger partial charge < -0.3 is 20.6 Å². The van der Waals surface area contributed by atoms with E-state index >= 15 is 0 Å². The summed E-state index contributed by atoms with van der Waals surface area (Å²) < 4.78 is 0. The highest BCUT2D eigenvalue weighted by Gasteiger charge is 2.27. The van der Waals surface area contributed by atoms with Gasteiger partial charge in [0.25, 0.3) is 0 Å². The Kier molecular flexibility index (Phi) is 6.45. The molecule has 7 nitrogen and oxygen atoms in total. The van der Waals surface area contributed by atoms with Gasteiger partial charge in [-0.05, 0) is 18.8 Å². The third kappa shape index (κ3) is 6.01. The highest BCUT2D eigenvalue weighted by Crippen LogP contribution is 2.12. The van der Waals surface area contributed by atoms with Crippen LogP contribution in [0.2, 0.25) is 0 Å². The normalized spacial score (nSPS) is 19.4. The lowest BCUT2D eigenvalue weighted by Crippen LogP contribution is -2.44. The molecule has 0 aromatic carbocycles. The fraction of sp³-hybridized carbons (Fsp3) is 0.786. The fourth-order valence-electron chi connectivity index (χ4n) is 2.51. The predicted octanol–water partition coefficient (Wildman–Crippen LogP) is 0.653. The maximum absolute atomic E-state index is 12.0. The van der Waals surface area contributed by atoms with Gasteiger partial charge in [0, 0.05) is 32.6 Å². The van der Waals surface area contributed by atoms with Gasteiger partial charge in [-0.15, -0.1) is 0 Å². The summed E-state index contributed by atoms with van der Waals surface area (Å²) in [4.78, 5) is 35.7. The molecule has 7 heteroatoms. The summed E-state index contributed by atoms with van der Waals surface area (Å²) >= 11 is 0. The number of carboxylic acid groups (broad SMARTS) is 1. The fourth-order valence-corrected chi connectivity index (χ4v) is 2.51. The molecule has 0 aromatic rings. The minimum absolute atomic E-state index is 0.0146. The lowest BCUT2D eigenvalue weighted by molar-refractivity contribution is -0.142. The van der Waals surface area contributed by atoms with Crippen molar-refractivity contribution in [1.29, 1.82) is 0 Å². The van der Waals surface area contributed by atoms with Crippen molar-refractivity contribution >= 4 is 17.9 Å². The molecule has 0 aliphatic carbocycles. The molecule has 1 aliphatic heterocycles. The number of urea groups is 1. The van der Waals surface area contributed by atoms with Gasteiger partial charge in [-0.3, -0.25) is 9.59 Å². The molecule has 3 N–H and O–H groups in total. The molecule has 0 radical (unpaired) electrons. The van der Waals surface area contributed by atoms with Crippen LogP contribution in [0.4, 0.5) is 4.79 Å². The van der Waals surface area contributed by atoms with Gasteiger partial charge in [0.2, 0.25) is 5.91 Å². The first kappa shape index (κ1) is 17.3. The molecule has 1 heterocycles. The number of carbonyl (C=O) groups is 3. The Morgan fingerprint density at radius 1 is 1.33 bits per heavy atom. The molecule has 3 amide bonds. The number of hydrogen-bond acceptors (Lipinski definition) is 3. The van der Waals surface area contributed by atoms with Gasteiger partial charge in [0.15, 0.2) is 0 Å². The number of amides is 3. The van der Waals surface area contributed by atoms with Crippen LogP contribution in [0.3, 0.4) is 0 Å². The van der Waals surface area contributed by atoms with Crippen LogP contribution in [0.25, 0.3) is 0 Å². The molecule has 1 saturated heterocycles. The van der Waals surface area contributed by atoms with Gasteiger partial charge in [-0.1, -0.05) is 13.8 Å². The molecule has 1 fully saturated rings. The van der Waals surface area contributed by atoms with E-state index in [-0.39, 0.29) is 30.4 Å². The summed E-state index contributed by atoms with van der Waals surface area (Å²) in [6.45, 7) is 6.53. The van der Waals surface area contributed by atoms with Crippen LogP contribution in [-0.4, -0.2) is 53.6 Å². The van der Waals surface area contributed by atoms with Crippen LogP contribution >= 0.6 is 0 Å². The Balaban J connectivity index is 2.39. The van der Waals surface area contributed by atoms with Crippen molar-refractivity contribution in [2.24, 2.45) is 11.8 Å². The van der Waals surface area contributed by atoms with Gasteiger partial charge in [0.05, 0.1) is 5.92 Å². The second kappa shape index (κ2) is 7.85. The topological polar surface area (TPSA) is 98.7 Å². The van der Waals surface area contributed by atoms with Crippen LogP contribution in [0.1, 0.15) is 33.6 Å². The van der Waals surface area contributed by atoms with E-state index in [2.05, 4.69) is 10.6 Å². The van der Waals surface area contributed by atoms with E-state index in [1.807, 2.05) is 13.8 Å². The van der Waals surface area contributed by atoms with Crippen molar-refractivity contribution in [2.75, 3.05) is 19.6 Å². The van der Waals surface area contributed by atoms with Crippen molar-refractivity contribution < 1.29 is 19.5 Å². The molecule has 0 bridgehead atoms. The predicted molar refractivity (Wildman–Crippen MR) is 77.8 cm³/mol. The summed E-state index contributed by atoms with van der Waals surface area (Å²) in [5, 5.41) is 14.6. The molecule has 21 heavy (non-hydrogen) atoms. The van der Waals surface area contributed by atoms with E-state index in [0.717, 1.165) is 6.42 Å². The van der Waals surface area contributed by atoms with E-state index in [0.29, 0.717) is 19.5 Å². The van der Waals surface area contributed by atoms with Crippen molar-refractivity contribution in [3.63, 3.8) is 0 Å². The third-order valence-corrected chi connectivity index (χ3v) is 3.49. The standard InChI is InChI=1S/C14H25N3O4/c1-9(2)6-11(13(19)20)7-15-14(21)17-5-4-12(8-17)16-10(3)18/h9,11-12H,4-8H2,1-3H3,(H,15,21)(H,16,18)(H,19,20). The lowest BCUT2D eigenvalue weighted by atomic mass is 9.97. The zero-order chi connectivity index (χ0) is 16.0. The largest absolute Gasteiger partial charge is 0.481 e. The molecule has 120 valence electrons. The third-order valence-electron chi connectivity index (χ3n) is 3.49. The first-order valence-electron chi connectivity index (χ1n) is 7.32. The Morgan fingerprint density at radius 3 is 2.52 bits per heavy atom. The number of rotatable bonds is 6. The quantitative estimate of drug-likeness (QED) is 0.670. The Hall–Kier alpha value is -1.79. The van der Waals surface area contributed by atoms with Crippen LogP contribution < -0.4 is 10.6 Å². The average molecular weight is 299 g/mol. The van der Waals surface area contributed by atoms with Gasteiger partial charge in [-0.25, -0.2) is 4.79 Å².